The quantitative estimate of drug-likeness (QED) is 0.249. The number of nitrogens with one attached hydrogen (secondary N) is 3. The van der Waals surface area contributed by atoms with E-state index in [1.165, 1.54) is 18.5 Å². The Hall–Kier alpha value is -3.79. The van der Waals surface area contributed by atoms with Crippen molar-refractivity contribution in [3.05, 3.63) is 53.1 Å². The summed E-state index contributed by atoms with van der Waals surface area (Å²) in [4.78, 5) is 31.6. The molecule has 2 aromatic heterocycles. The molecule has 0 aliphatic carbocycles. The third-order valence-electron chi connectivity index (χ3n) is 4.54. The number of halogens is 1. The summed E-state index contributed by atoms with van der Waals surface area (Å²) in [5.74, 6) is 0.121. The number of aromatic nitrogens is 4. The maximum atomic E-state index is 12.6. The number of hydrogen-bond acceptors (Lipinski definition) is 9. The highest BCUT2D eigenvalue weighted by molar-refractivity contribution is 6.33. The van der Waals surface area contributed by atoms with Gasteiger partial charge in [0.25, 0.3) is 5.91 Å². The molecule has 1 aromatic carbocycles. The van der Waals surface area contributed by atoms with Crippen molar-refractivity contribution < 1.29 is 9.90 Å². The number of hydrogen-bond donors (Lipinski definition) is 4. The fraction of sp³-hybridized carbons (Fsp3) is 0.273. The summed E-state index contributed by atoms with van der Waals surface area (Å²) in [7, 11) is 3.65. The Balaban J connectivity index is 1.88. The molecule has 2 heterocycles. The molecule has 3 rings (SSSR count). The number of fused-ring (bicyclic) bond motifs is 1. The Morgan fingerprint density at radius 2 is 1.94 bits per heavy atom. The van der Waals surface area contributed by atoms with E-state index in [0.717, 1.165) is 0 Å². The number of carbonyl (C=O) groups excluding carboxylic acids is 1. The highest BCUT2D eigenvalue weighted by Gasteiger charge is 2.18. The van der Waals surface area contributed by atoms with Gasteiger partial charge >= 0.3 is 0 Å². The van der Waals surface area contributed by atoms with E-state index in [2.05, 4.69) is 30.6 Å². The Kier molecular flexibility index (Phi) is 6.78. The zero-order valence-corrected chi connectivity index (χ0v) is 19.7. The summed E-state index contributed by atoms with van der Waals surface area (Å²) in [6.07, 6.45) is 4.19. The van der Waals surface area contributed by atoms with Crippen LogP contribution >= 0.6 is 11.6 Å². The molecule has 11 heteroatoms. The average Bonchev–Trinajstić information content (AvgIpc) is 2.74. The lowest BCUT2D eigenvalue weighted by molar-refractivity contribution is 0.0977. The average molecular weight is 469 g/mol. The number of nitrogens with zero attached hydrogens (tertiary/aromatic N) is 5. The van der Waals surface area contributed by atoms with E-state index < -0.39 is 11.3 Å². The summed E-state index contributed by atoms with van der Waals surface area (Å²) >= 11 is 6.35. The number of aliphatic hydroxyl groups is 1. The van der Waals surface area contributed by atoms with Crippen LogP contribution in [0.4, 0.5) is 17.5 Å². The van der Waals surface area contributed by atoms with Gasteiger partial charge in [-0.05, 0) is 18.2 Å². The second kappa shape index (κ2) is 9.37. The minimum Gasteiger partial charge on any atom is -0.512 e. The Labute approximate surface area is 196 Å². The van der Waals surface area contributed by atoms with Gasteiger partial charge in [0.15, 0.2) is 5.82 Å². The molecule has 4 N–H and O–H groups in total. The first-order valence-corrected chi connectivity index (χ1v) is 10.4. The van der Waals surface area contributed by atoms with E-state index in [9.17, 15) is 9.90 Å². The second-order valence-corrected chi connectivity index (χ2v) is 8.89. The third kappa shape index (κ3) is 5.72. The molecule has 33 heavy (non-hydrogen) atoms. The molecule has 0 aliphatic heterocycles. The van der Waals surface area contributed by atoms with Gasteiger partial charge in [0.1, 0.15) is 29.0 Å². The van der Waals surface area contributed by atoms with E-state index in [0.29, 0.717) is 33.5 Å². The Morgan fingerprint density at radius 3 is 2.61 bits per heavy atom. The van der Waals surface area contributed by atoms with Gasteiger partial charge in [0, 0.05) is 31.1 Å². The normalized spacial score (nSPS) is 11.9. The lowest BCUT2D eigenvalue weighted by Gasteiger charge is -2.17. The maximum Gasteiger partial charge on any atom is 0.256 e. The molecular formula is C22H25ClN8O2. The monoisotopic (exact) mass is 468 g/mol. The number of aliphatic hydroxyl groups excluding tert-OH is 1. The predicted molar refractivity (Wildman–Crippen MR) is 130 cm³/mol. The van der Waals surface area contributed by atoms with Gasteiger partial charge in [-0.25, -0.2) is 19.9 Å². The molecule has 0 atom stereocenters. The zero-order chi connectivity index (χ0) is 24.3. The molecule has 3 aromatic rings. The van der Waals surface area contributed by atoms with Gasteiger partial charge in [0.2, 0.25) is 5.95 Å². The van der Waals surface area contributed by atoms with Crippen LogP contribution in [0.15, 0.2) is 42.6 Å². The molecule has 0 saturated carbocycles. The van der Waals surface area contributed by atoms with Gasteiger partial charge < -0.3 is 20.6 Å². The number of amides is 1. The first kappa shape index (κ1) is 23.9. The predicted octanol–water partition coefficient (Wildman–Crippen LogP) is 4.08. The lowest BCUT2D eigenvalue weighted by Crippen LogP contribution is -2.29. The molecule has 0 fully saturated rings. The summed E-state index contributed by atoms with van der Waals surface area (Å²) < 4.78 is 0. The van der Waals surface area contributed by atoms with Crippen LogP contribution in [0, 0.1) is 10.8 Å². The molecule has 0 saturated heterocycles. The lowest BCUT2D eigenvalue weighted by atomic mass is 9.93. The first-order valence-electron chi connectivity index (χ1n) is 9.98. The SMILES string of the molecule is CN(C)c1ncc2ncnc(Nc3cc(C(=O)NC(=N)/C=C(\O)C(C)(C)C)ccc3Cl)c2n1. The van der Waals surface area contributed by atoms with E-state index in [1.807, 2.05) is 14.1 Å². The van der Waals surface area contributed by atoms with Crippen molar-refractivity contribution in [1.82, 2.24) is 25.3 Å². The van der Waals surface area contributed by atoms with Crippen LogP contribution < -0.4 is 15.5 Å². The van der Waals surface area contributed by atoms with Crippen LogP contribution in [0.1, 0.15) is 31.1 Å². The number of anilines is 3. The van der Waals surface area contributed by atoms with Crippen molar-refractivity contribution in [3.8, 4) is 0 Å². The van der Waals surface area contributed by atoms with Gasteiger partial charge in [-0.2, -0.15) is 0 Å². The molecule has 0 aliphatic rings. The van der Waals surface area contributed by atoms with E-state index in [-0.39, 0.29) is 17.2 Å². The number of amidine groups is 1. The minimum atomic E-state index is -0.537. The maximum absolute atomic E-state index is 12.6. The van der Waals surface area contributed by atoms with Crippen molar-refractivity contribution in [2.75, 3.05) is 24.3 Å². The summed E-state index contributed by atoms with van der Waals surface area (Å²) in [6.45, 7) is 5.40. The topological polar surface area (TPSA) is 140 Å². The van der Waals surface area contributed by atoms with Gasteiger partial charge in [-0.15, -0.1) is 0 Å². The van der Waals surface area contributed by atoms with E-state index in [1.54, 1.807) is 44.0 Å². The van der Waals surface area contributed by atoms with Crippen molar-refractivity contribution in [2.24, 2.45) is 5.41 Å². The summed E-state index contributed by atoms with van der Waals surface area (Å²) in [5.41, 5.74) is 1.19. The van der Waals surface area contributed by atoms with Crippen molar-refractivity contribution in [1.29, 1.82) is 5.41 Å². The Bertz CT molecular complexity index is 1250. The van der Waals surface area contributed by atoms with E-state index >= 15 is 0 Å². The smallest absolute Gasteiger partial charge is 0.256 e. The van der Waals surface area contributed by atoms with Crippen LogP contribution in [-0.4, -0.2) is 50.9 Å². The van der Waals surface area contributed by atoms with Gasteiger partial charge in [-0.3, -0.25) is 10.2 Å². The molecule has 0 bridgehead atoms. The molecule has 0 radical (unpaired) electrons. The molecular weight excluding hydrogens is 444 g/mol. The van der Waals surface area contributed by atoms with Gasteiger partial charge in [-0.1, -0.05) is 32.4 Å². The summed E-state index contributed by atoms with van der Waals surface area (Å²) in [5, 5.41) is 23.9. The number of carbonyl (C=O) groups is 1. The summed E-state index contributed by atoms with van der Waals surface area (Å²) in [6, 6.07) is 4.64. The molecule has 172 valence electrons. The standard InChI is InChI=1S/C22H25ClN8O2/c1-22(2,3)16(32)9-17(24)29-20(33)12-6-7-13(23)14(8-12)28-19-18-15(26-11-27-19)10-25-21(30-18)31(4)5/h6-11,32H,1-5H3,(H2,24,29,33)(H,26,27,28)/b16-9-. The van der Waals surface area contributed by atoms with Gasteiger partial charge in [0.05, 0.1) is 16.9 Å². The zero-order valence-electron chi connectivity index (χ0n) is 18.9. The third-order valence-corrected chi connectivity index (χ3v) is 4.87. The highest BCUT2D eigenvalue weighted by atomic mass is 35.5. The van der Waals surface area contributed by atoms with Crippen LogP contribution in [0.3, 0.4) is 0 Å². The molecule has 0 unspecified atom stereocenters. The first-order chi connectivity index (χ1) is 15.5. The second-order valence-electron chi connectivity index (χ2n) is 8.49. The minimum absolute atomic E-state index is 0.0130. The fourth-order valence-corrected chi connectivity index (χ4v) is 2.79. The molecule has 1 amide bonds. The van der Waals surface area contributed by atoms with Crippen molar-refractivity contribution in [2.45, 2.75) is 20.8 Å². The Morgan fingerprint density at radius 1 is 1.21 bits per heavy atom. The number of rotatable bonds is 5. The number of benzene rings is 1. The van der Waals surface area contributed by atoms with Crippen LogP contribution in [0.25, 0.3) is 11.0 Å². The molecule has 10 nitrogen and oxygen atoms in total. The van der Waals surface area contributed by atoms with Crippen LogP contribution in [0.5, 0.6) is 0 Å². The largest absolute Gasteiger partial charge is 0.512 e. The fourth-order valence-electron chi connectivity index (χ4n) is 2.63. The van der Waals surface area contributed by atoms with Crippen molar-refractivity contribution in [3.63, 3.8) is 0 Å². The van der Waals surface area contributed by atoms with E-state index in [4.69, 9.17) is 17.0 Å². The highest BCUT2D eigenvalue weighted by Crippen LogP contribution is 2.29. The van der Waals surface area contributed by atoms with Crippen LogP contribution in [0.2, 0.25) is 5.02 Å². The number of allylic oxidation sites excluding steroid dienone is 1. The van der Waals surface area contributed by atoms with Crippen LogP contribution in [-0.2, 0) is 0 Å². The molecule has 0 spiro atoms. The van der Waals surface area contributed by atoms with Crippen molar-refractivity contribution >= 4 is 51.8 Å².